The van der Waals surface area contributed by atoms with E-state index in [0.29, 0.717) is 17.3 Å². The molecule has 0 spiro atoms. The minimum Gasteiger partial charge on any atom is -0.359 e. The Hall–Kier alpha value is -1.42. The summed E-state index contributed by atoms with van der Waals surface area (Å²) in [4.78, 5) is 0. The first-order chi connectivity index (χ1) is 7.09. The van der Waals surface area contributed by atoms with Gasteiger partial charge < -0.3 is 10.6 Å². The normalized spacial score (nSPS) is 9.47. The van der Waals surface area contributed by atoms with E-state index >= 15 is 0 Å². The van der Waals surface area contributed by atoms with Gasteiger partial charge in [-0.15, -0.1) is 0 Å². The van der Waals surface area contributed by atoms with Crippen molar-refractivity contribution in [1.82, 2.24) is 5.32 Å². The monoisotopic (exact) mass is 224 g/mol. The molecule has 0 fully saturated rings. The van der Waals surface area contributed by atoms with Gasteiger partial charge in [0, 0.05) is 6.54 Å². The van der Waals surface area contributed by atoms with Crippen LogP contribution in [-0.4, -0.2) is 11.7 Å². The molecular formula is C11H13FN2S. The summed E-state index contributed by atoms with van der Waals surface area (Å²) in [7, 11) is 0. The van der Waals surface area contributed by atoms with E-state index in [1.165, 1.54) is 6.07 Å². The number of rotatable bonds is 3. The summed E-state index contributed by atoms with van der Waals surface area (Å²) in [5.41, 5.74) is 1.34. The fourth-order valence-corrected chi connectivity index (χ4v) is 1.14. The van der Waals surface area contributed by atoms with Gasteiger partial charge >= 0.3 is 0 Å². The lowest BCUT2D eigenvalue weighted by Gasteiger charge is -2.10. The van der Waals surface area contributed by atoms with E-state index in [0.717, 1.165) is 5.57 Å². The standard InChI is InChI=1S/C11H13FN2S/c1-8(2)7-13-11(15)14-10-6-4-3-5-9(10)12/h3-6H,1,7H2,2H3,(H2,13,14,15). The van der Waals surface area contributed by atoms with Crippen molar-refractivity contribution >= 4 is 23.0 Å². The molecule has 0 bridgehead atoms. The summed E-state index contributed by atoms with van der Waals surface area (Å²) in [6.45, 7) is 6.20. The summed E-state index contributed by atoms with van der Waals surface area (Å²) in [6.07, 6.45) is 0. The van der Waals surface area contributed by atoms with E-state index < -0.39 is 0 Å². The van der Waals surface area contributed by atoms with Crippen LogP contribution in [0.15, 0.2) is 36.4 Å². The molecule has 1 aromatic rings. The Kier molecular flexibility index (Phi) is 4.24. The molecule has 0 aliphatic rings. The van der Waals surface area contributed by atoms with Gasteiger partial charge in [-0.25, -0.2) is 4.39 Å². The van der Waals surface area contributed by atoms with Crippen LogP contribution in [-0.2, 0) is 0 Å². The van der Waals surface area contributed by atoms with Gasteiger partial charge in [-0.05, 0) is 31.3 Å². The summed E-state index contributed by atoms with van der Waals surface area (Å²) in [5.74, 6) is -0.322. The number of thiocarbonyl (C=S) groups is 1. The third kappa shape index (κ3) is 4.08. The second-order valence-electron chi connectivity index (χ2n) is 3.24. The van der Waals surface area contributed by atoms with Crippen molar-refractivity contribution in [1.29, 1.82) is 0 Å². The molecule has 2 nitrogen and oxygen atoms in total. The van der Waals surface area contributed by atoms with Gasteiger partial charge in [0.1, 0.15) is 5.82 Å². The second kappa shape index (κ2) is 5.46. The van der Waals surface area contributed by atoms with E-state index in [2.05, 4.69) is 17.2 Å². The van der Waals surface area contributed by atoms with Crippen LogP contribution >= 0.6 is 12.2 Å². The first kappa shape index (κ1) is 11.7. The number of anilines is 1. The molecule has 2 N–H and O–H groups in total. The minimum absolute atomic E-state index is 0.322. The van der Waals surface area contributed by atoms with Crippen molar-refractivity contribution < 1.29 is 4.39 Å². The summed E-state index contributed by atoms with van der Waals surface area (Å²) in [5, 5.41) is 6.07. The summed E-state index contributed by atoms with van der Waals surface area (Å²) in [6, 6.07) is 6.38. The molecule has 1 aromatic carbocycles. The third-order valence-electron chi connectivity index (χ3n) is 1.67. The van der Waals surface area contributed by atoms with Gasteiger partial charge in [0.25, 0.3) is 0 Å². The van der Waals surface area contributed by atoms with E-state index in [1.54, 1.807) is 18.2 Å². The first-order valence-electron chi connectivity index (χ1n) is 4.53. The molecule has 0 saturated heterocycles. The zero-order valence-electron chi connectivity index (χ0n) is 8.51. The number of halogens is 1. The van der Waals surface area contributed by atoms with Crippen LogP contribution in [0.5, 0.6) is 0 Å². The number of benzene rings is 1. The highest BCUT2D eigenvalue weighted by Crippen LogP contribution is 2.11. The van der Waals surface area contributed by atoms with E-state index in [9.17, 15) is 4.39 Å². The lowest BCUT2D eigenvalue weighted by Crippen LogP contribution is -2.29. The SMILES string of the molecule is C=C(C)CNC(=S)Nc1ccccc1F. The Morgan fingerprint density at radius 2 is 2.13 bits per heavy atom. The van der Waals surface area contributed by atoms with E-state index in [4.69, 9.17) is 12.2 Å². The van der Waals surface area contributed by atoms with Crippen LogP contribution in [0, 0.1) is 5.82 Å². The van der Waals surface area contributed by atoms with Crippen molar-refractivity contribution in [2.75, 3.05) is 11.9 Å². The molecule has 1 rings (SSSR count). The lowest BCUT2D eigenvalue weighted by molar-refractivity contribution is 0.632. The third-order valence-corrected chi connectivity index (χ3v) is 1.92. The molecule has 0 aliphatic carbocycles. The molecule has 4 heteroatoms. The Morgan fingerprint density at radius 1 is 1.47 bits per heavy atom. The molecule has 15 heavy (non-hydrogen) atoms. The zero-order valence-corrected chi connectivity index (χ0v) is 9.33. The first-order valence-corrected chi connectivity index (χ1v) is 4.94. The highest BCUT2D eigenvalue weighted by Gasteiger charge is 2.01. The highest BCUT2D eigenvalue weighted by atomic mass is 32.1. The van der Waals surface area contributed by atoms with Gasteiger partial charge in [-0.1, -0.05) is 24.3 Å². The van der Waals surface area contributed by atoms with Gasteiger partial charge in [-0.2, -0.15) is 0 Å². The van der Waals surface area contributed by atoms with Gasteiger partial charge in [0.05, 0.1) is 5.69 Å². The van der Waals surface area contributed by atoms with Crippen molar-refractivity contribution in [3.63, 3.8) is 0 Å². The maximum Gasteiger partial charge on any atom is 0.171 e. The topological polar surface area (TPSA) is 24.1 Å². The Balaban J connectivity index is 2.52. The highest BCUT2D eigenvalue weighted by molar-refractivity contribution is 7.80. The molecule has 0 unspecified atom stereocenters. The van der Waals surface area contributed by atoms with Crippen LogP contribution in [0.3, 0.4) is 0 Å². The summed E-state index contributed by atoms with van der Waals surface area (Å²) >= 11 is 4.98. The maximum absolute atomic E-state index is 13.2. The van der Waals surface area contributed by atoms with Crippen LogP contribution in [0.1, 0.15) is 6.92 Å². The van der Waals surface area contributed by atoms with Crippen LogP contribution < -0.4 is 10.6 Å². The zero-order chi connectivity index (χ0) is 11.3. The van der Waals surface area contributed by atoms with Gasteiger partial charge in [0.2, 0.25) is 0 Å². The Labute approximate surface area is 94.2 Å². The van der Waals surface area contributed by atoms with Crippen LogP contribution in [0.2, 0.25) is 0 Å². The van der Waals surface area contributed by atoms with Crippen molar-refractivity contribution in [3.05, 3.63) is 42.2 Å². The van der Waals surface area contributed by atoms with E-state index in [1.807, 2.05) is 6.92 Å². The predicted octanol–water partition coefficient (Wildman–Crippen LogP) is 2.69. The number of nitrogens with one attached hydrogen (secondary N) is 2. The molecule has 0 saturated carbocycles. The fourth-order valence-electron chi connectivity index (χ4n) is 0.960. The summed E-state index contributed by atoms with van der Waals surface area (Å²) < 4.78 is 13.2. The predicted molar refractivity (Wildman–Crippen MR) is 65.4 cm³/mol. The maximum atomic E-state index is 13.2. The van der Waals surface area contributed by atoms with E-state index in [-0.39, 0.29) is 5.82 Å². The molecule has 0 radical (unpaired) electrons. The molecule has 80 valence electrons. The van der Waals surface area contributed by atoms with Crippen LogP contribution in [0.25, 0.3) is 0 Å². The average Bonchev–Trinajstić information content (AvgIpc) is 2.18. The van der Waals surface area contributed by atoms with Crippen molar-refractivity contribution in [2.24, 2.45) is 0 Å². The lowest BCUT2D eigenvalue weighted by atomic mass is 10.3. The molecule has 0 aliphatic heterocycles. The Morgan fingerprint density at radius 3 is 2.73 bits per heavy atom. The largest absolute Gasteiger partial charge is 0.359 e. The number of hydrogen-bond acceptors (Lipinski definition) is 1. The van der Waals surface area contributed by atoms with Crippen molar-refractivity contribution in [3.8, 4) is 0 Å². The molecular weight excluding hydrogens is 211 g/mol. The molecule has 0 amide bonds. The number of para-hydroxylation sites is 1. The van der Waals surface area contributed by atoms with Crippen LogP contribution in [0.4, 0.5) is 10.1 Å². The number of hydrogen-bond donors (Lipinski definition) is 2. The molecule has 0 aromatic heterocycles. The fraction of sp³-hybridized carbons (Fsp3) is 0.182. The quantitative estimate of drug-likeness (QED) is 0.609. The van der Waals surface area contributed by atoms with Gasteiger partial charge in [-0.3, -0.25) is 0 Å². The second-order valence-corrected chi connectivity index (χ2v) is 3.65. The molecule has 0 atom stereocenters. The van der Waals surface area contributed by atoms with Crippen molar-refractivity contribution in [2.45, 2.75) is 6.92 Å². The average molecular weight is 224 g/mol. The van der Waals surface area contributed by atoms with Gasteiger partial charge in [0.15, 0.2) is 5.11 Å². The smallest absolute Gasteiger partial charge is 0.171 e. The minimum atomic E-state index is -0.322. The Bertz CT molecular complexity index is 377. The molecule has 0 heterocycles.